The van der Waals surface area contributed by atoms with E-state index in [-0.39, 0.29) is 11.9 Å². The van der Waals surface area contributed by atoms with Gasteiger partial charge in [0.2, 0.25) is 0 Å². The fourth-order valence-corrected chi connectivity index (χ4v) is 2.98. The molecule has 0 aliphatic heterocycles. The van der Waals surface area contributed by atoms with Crippen LogP contribution in [0, 0.1) is 5.82 Å². The molecule has 0 bridgehead atoms. The molecule has 0 amide bonds. The number of hydrogen-bond donors (Lipinski definition) is 1. The number of rotatable bonds is 7. The SMILES string of the molecule is CCCNC(CSc1ccc(F)cc1)c1ccnn1C. The van der Waals surface area contributed by atoms with E-state index in [9.17, 15) is 4.39 Å². The van der Waals surface area contributed by atoms with Crippen molar-refractivity contribution >= 4 is 11.8 Å². The van der Waals surface area contributed by atoms with Crippen molar-refractivity contribution in [3.63, 3.8) is 0 Å². The Bertz CT molecular complexity index is 524. The van der Waals surface area contributed by atoms with Crippen LogP contribution >= 0.6 is 11.8 Å². The van der Waals surface area contributed by atoms with Crippen LogP contribution < -0.4 is 5.32 Å². The first-order chi connectivity index (χ1) is 9.70. The van der Waals surface area contributed by atoms with Crippen LogP contribution in [0.4, 0.5) is 4.39 Å². The number of hydrogen-bond acceptors (Lipinski definition) is 3. The summed E-state index contributed by atoms with van der Waals surface area (Å²) in [6.45, 7) is 3.13. The minimum atomic E-state index is -0.193. The maximum absolute atomic E-state index is 12.9. The zero-order chi connectivity index (χ0) is 14.4. The number of nitrogens with one attached hydrogen (secondary N) is 1. The summed E-state index contributed by atoms with van der Waals surface area (Å²) >= 11 is 1.72. The summed E-state index contributed by atoms with van der Waals surface area (Å²) in [6.07, 6.45) is 2.91. The minimum absolute atomic E-state index is 0.193. The smallest absolute Gasteiger partial charge is 0.123 e. The number of aromatic nitrogens is 2. The van der Waals surface area contributed by atoms with Crippen molar-refractivity contribution in [3.8, 4) is 0 Å². The van der Waals surface area contributed by atoms with Crippen molar-refractivity contribution in [1.82, 2.24) is 15.1 Å². The third kappa shape index (κ3) is 4.08. The third-order valence-corrected chi connectivity index (χ3v) is 4.19. The van der Waals surface area contributed by atoms with Gasteiger partial charge in [-0.3, -0.25) is 4.68 Å². The fourth-order valence-electron chi connectivity index (χ4n) is 2.00. The van der Waals surface area contributed by atoms with Crippen LogP contribution in [0.1, 0.15) is 25.1 Å². The average Bonchev–Trinajstić information content (AvgIpc) is 2.87. The summed E-state index contributed by atoms with van der Waals surface area (Å²) in [7, 11) is 1.96. The largest absolute Gasteiger partial charge is 0.308 e. The number of thioether (sulfide) groups is 1. The predicted molar refractivity (Wildman–Crippen MR) is 81.4 cm³/mol. The van der Waals surface area contributed by atoms with Crippen LogP contribution in [0.25, 0.3) is 0 Å². The Morgan fingerprint density at radius 1 is 1.30 bits per heavy atom. The van der Waals surface area contributed by atoms with Crippen molar-refractivity contribution < 1.29 is 4.39 Å². The normalized spacial score (nSPS) is 12.6. The number of aryl methyl sites for hydroxylation is 1. The highest BCUT2D eigenvalue weighted by Gasteiger charge is 2.14. The molecule has 1 N–H and O–H groups in total. The summed E-state index contributed by atoms with van der Waals surface area (Å²) in [4.78, 5) is 1.08. The Hall–Kier alpha value is -1.33. The first kappa shape index (κ1) is 15.1. The quantitative estimate of drug-likeness (QED) is 0.794. The summed E-state index contributed by atoms with van der Waals surface area (Å²) in [6, 6.07) is 8.93. The minimum Gasteiger partial charge on any atom is -0.308 e. The van der Waals surface area contributed by atoms with Crippen molar-refractivity contribution in [2.75, 3.05) is 12.3 Å². The molecule has 1 aromatic heterocycles. The van der Waals surface area contributed by atoms with Crippen LogP contribution in [-0.4, -0.2) is 22.1 Å². The highest BCUT2D eigenvalue weighted by molar-refractivity contribution is 7.99. The van der Waals surface area contributed by atoms with E-state index >= 15 is 0 Å². The Morgan fingerprint density at radius 3 is 2.65 bits per heavy atom. The van der Waals surface area contributed by atoms with E-state index in [0.29, 0.717) is 0 Å². The van der Waals surface area contributed by atoms with E-state index in [0.717, 1.165) is 23.6 Å². The van der Waals surface area contributed by atoms with E-state index < -0.39 is 0 Å². The van der Waals surface area contributed by atoms with Crippen LogP contribution in [0.2, 0.25) is 0 Å². The molecule has 0 saturated heterocycles. The first-order valence-corrected chi connectivity index (χ1v) is 7.79. The molecule has 0 aliphatic rings. The van der Waals surface area contributed by atoms with Gasteiger partial charge >= 0.3 is 0 Å². The van der Waals surface area contributed by atoms with E-state index in [2.05, 4.69) is 17.3 Å². The maximum atomic E-state index is 12.9. The second-order valence-electron chi connectivity index (χ2n) is 4.65. The number of halogens is 1. The van der Waals surface area contributed by atoms with Crippen molar-refractivity contribution in [1.29, 1.82) is 0 Å². The van der Waals surface area contributed by atoms with Crippen LogP contribution in [0.5, 0.6) is 0 Å². The molecule has 1 unspecified atom stereocenters. The van der Waals surface area contributed by atoms with Gasteiger partial charge in [0.1, 0.15) is 5.82 Å². The molecule has 2 aromatic rings. The molecule has 0 spiro atoms. The molecule has 0 aliphatic carbocycles. The van der Waals surface area contributed by atoms with Crippen molar-refractivity contribution in [2.24, 2.45) is 7.05 Å². The van der Waals surface area contributed by atoms with Gasteiger partial charge < -0.3 is 5.32 Å². The highest BCUT2D eigenvalue weighted by Crippen LogP contribution is 2.24. The molecule has 2 rings (SSSR count). The van der Waals surface area contributed by atoms with E-state index in [4.69, 9.17) is 0 Å². The molecule has 3 nitrogen and oxygen atoms in total. The zero-order valence-corrected chi connectivity index (χ0v) is 12.7. The number of nitrogens with zero attached hydrogens (tertiary/aromatic N) is 2. The Labute approximate surface area is 123 Å². The van der Waals surface area contributed by atoms with Gasteiger partial charge in [0, 0.05) is 23.9 Å². The molecule has 1 atom stereocenters. The van der Waals surface area contributed by atoms with Gasteiger partial charge in [-0.1, -0.05) is 6.92 Å². The summed E-state index contributed by atoms with van der Waals surface area (Å²) in [5.74, 6) is 0.701. The molecule has 0 saturated carbocycles. The molecule has 5 heteroatoms. The van der Waals surface area contributed by atoms with Crippen LogP contribution in [-0.2, 0) is 7.05 Å². The Balaban J connectivity index is 2.01. The van der Waals surface area contributed by atoms with Gasteiger partial charge in [-0.15, -0.1) is 11.8 Å². The Kier molecular flexibility index (Phi) is 5.61. The average molecular weight is 293 g/mol. The monoisotopic (exact) mass is 293 g/mol. The van der Waals surface area contributed by atoms with Crippen molar-refractivity contribution in [3.05, 3.63) is 48.0 Å². The van der Waals surface area contributed by atoms with Crippen molar-refractivity contribution in [2.45, 2.75) is 24.3 Å². The molecular formula is C15H20FN3S. The summed E-state index contributed by atoms with van der Waals surface area (Å²) in [5.41, 5.74) is 1.17. The first-order valence-electron chi connectivity index (χ1n) is 6.80. The van der Waals surface area contributed by atoms with Gasteiger partial charge in [0.15, 0.2) is 0 Å². The molecule has 108 valence electrons. The standard InChI is InChI=1S/C15H20FN3S/c1-3-9-17-14(15-8-10-18-19(15)2)11-20-13-6-4-12(16)5-7-13/h4-8,10,14,17H,3,9,11H2,1-2H3. The summed E-state index contributed by atoms with van der Waals surface area (Å²) < 4.78 is 14.8. The van der Waals surface area contributed by atoms with Crippen LogP contribution in [0.15, 0.2) is 41.4 Å². The summed E-state index contributed by atoms with van der Waals surface area (Å²) in [5, 5.41) is 7.77. The lowest BCUT2D eigenvalue weighted by molar-refractivity contribution is 0.535. The molecule has 0 radical (unpaired) electrons. The molecular weight excluding hydrogens is 273 g/mol. The lowest BCUT2D eigenvalue weighted by Gasteiger charge is -2.18. The van der Waals surface area contributed by atoms with Crippen LogP contribution in [0.3, 0.4) is 0 Å². The second-order valence-corrected chi connectivity index (χ2v) is 5.74. The predicted octanol–water partition coefficient (Wildman–Crippen LogP) is 3.39. The molecule has 0 fully saturated rings. The lowest BCUT2D eigenvalue weighted by Crippen LogP contribution is -2.26. The molecule has 1 heterocycles. The third-order valence-electron chi connectivity index (χ3n) is 3.09. The molecule has 20 heavy (non-hydrogen) atoms. The number of benzene rings is 1. The lowest BCUT2D eigenvalue weighted by atomic mass is 10.2. The van der Waals surface area contributed by atoms with Gasteiger partial charge in [-0.2, -0.15) is 5.10 Å². The van der Waals surface area contributed by atoms with E-state index in [1.54, 1.807) is 11.8 Å². The molecule has 1 aromatic carbocycles. The maximum Gasteiger partial charge on any atom is 0.123 e. The highest BCUT2D eigenvalue weighted by atomic mass is 32.2. The van der Waals surface area contributed by atoms with Gasteiger partial charge in [0.25, 0.3) is 0 Å². The Morgan fingerprint density at radius 2 is 2.05 bits per heavy atom. The second kappa shape index (κ2) is 7.45. The van der Waals surface area contributed by atoms with Gasteiger partial charge in [-0.25, -0.2) is 4.39 Å². The van der Waals surface area contributed by atoms with E-state index in [1.165, 1.54) is 17.8 Å². The van der Waals surface area contributed by atoms with Gasteiger partial charge in [-0.05, 0) is 43.3 Å². The van der Waals surface area contributed by atoms with Gasteiger partial charge in [0.05, 0.1) is 11.7 Å². The topological polar surface area (TPSA) is 29.9 Å². The van der Waals surface area contributed by atoms with E-state index in [1.807, 2.05) is 36.1 Å². The fraction of sp³-hybridized carbons (Fsp3) is 0.400. The zero-order valence-electron chi connectivity index (χ0n) is 11.8.